The molecule has 0 aromatic heterocycles. The van der Waals surface area contributed by atoms with Gasteiger partial charge in [0.2, 0.25) is 5.91 Å². The van der Waals surface area contributed by atoms with Gasteiger partial charge in [0.15, 0.2) is 5.11 Å². The highest BCUT2D eigenvalue weighted by atomic mass is 32.1. The quantitative estimate of drug-likeness (QED) is 0.816. The zero-order valence-electron chi connectivity index (χ0n) is 11.8. The Morgan fingerprint density at radius 1 is 1.35 bits per heavy atom. The summed E-state index contributed by atoms with van der Waals surface area (Å²) < 4.78 is 0. The number of hydrogen-bond acceptors (Lipinski definition) is 2. The van der Waals surface area contributed by atoms with Gasteiger partial charge in [-0.05, 0) is 42.8 Å². The molecule has 108 valence electrons. The van der Waals surface area contributed by atoms with Crippen molar-refractivity contribution in [3.8, 4) is 0 Å². The number of carbonyl (C=O) groups is 1. The van der Waals surface area contributed by atoms with E-state index in [1.54, 1.807) is 0 Å². The van der Waals surface area contributed by atoms with Gasteiger partial charge in [0, 0.05) is 31.7 Å². The van der Waals surface area contributed by atoms with Crippen molar-refractivity contribution in [3.63, 3.8) is 0 Å². The molecule has 20 heavy (non-hydrogen) atoms. The molecule has 1 aromatic rings. The lowest BCUT2D eigenvalue weighted by Gasteiger charge is -2.17. The molecular formula is C15H21N3OS. The molecule has 5 heteroatoms. The zero-order valence-corrected chi connectivity index (χ0v) is 12.6. The first-order valence-corrected chi connectivity index (χ1v) is 7.51. The molecule has 0 bridgehead atoms. The Morgan fingerprint density at radius 2 is 2.10 bits per heavy atom. The fraction of sp³-hybridized carbons (Fsp3) is 0.467. The summed E-state index contributed by atoms with van der Waals surface area (Å²) >= 11 is 5.24. The summed E-state index contributed by atoms with van der Waals surface area (Å²) in [4.78, 5) is 13.3. The molecule has 1 heterocycles. The third-order valence-electron chi connectivity index (χ3n) is 3.46. The molecule has 0 radical (unpaired) electrons. The predicted molar refractivity (Wildman–Crippen MR) is 85.9 cm³/mol. The van der Waals surface area contributed by atoms with Crippen molar-refractivity contribution >= 4 is 28.9 Å². The Hall–Kier alpha value is -1.62. The van der Waals surface area contributed by atoms with Gasteiger partial charge in [0.05, 0.1) is 0 Å². The van der Waals surface area contributed by atoms with Crippen LogP contribution in [-0.2, 0) is 11.2 Å². The van der Waals surface area contributed by atoms with Gasteiger partial charge in [0.25, 0.3) is 0 Å². The first-order valence-electron chi connectivity index (χ1n) is 7.10. The topological polar surface area (TPSA) is 44.4 Å². The molecule has 0 spiro atoms. The summed E-state index contributed by atoms with van der Waals surface area (Å²) in [6, 6.07) is 8.23. The van der Waals surface area contributed by atoms with Crippen LogP contribution in [0.2, 0.25) is 0 Å². The molecule has 1 fully saturated rings. The van der Waals surface area contributed by atoms with E-state index in [4.69, 9.17) is 12.2 Å². The van der Waals surface area contributed by atoms with Crippen molar-refractivity contribution in [2.75, 3.05) is 25.0 Å². The minimum Gasteiger partial charge on any atom is -0.361 e. The lowest BCUT2D eigenvalue weighted by molar-refractivity contribution is -0.127. The molecule has 1 aromatic carbocycles. The van der Waals surface area contributed by atoms with Crippen LogP contribution in [0, 0.1) is 0 Å². The molecule has 1 saturated heterocycles. The smallest absolute Gasteiger partial charge is 0.222 e. The van der Waals surface area contributed by atoms with Crippen LogP contribution in [-0.4, -0.2) is 35.6 Å². The van der Waals surface area contributed by atoms with Crippen molar-refractivity contribution in [1.29, 1.82) is 0 Å². The van der Waals surface area contributed by atoms with E-state index in [2.05, 4.69) is 29.7 Å². The van der Waals surface area contributed by atoms with Crippen LogP contribution in [0.5, 0.6) is 0 Å². The summed E-state index contributed by atoms with van der Waals surface area (Å²) in [5, 5.41) is 6.88. The molecule has 0 unspecified atom stereocenters. The maximum Gasteiger partial charge on any atom is 0.222 e. The van der Waals surface area contributed by atoms with Crippen LogP contribution in [0.4, 0.5) is 5.69 Å². The van der Waals surface area contributed by atoms with Crippen molar-refractivity contribution in [2.24, 2.45) is 0 Å². The number of rotatable bonds is 5. The van der Waals surface area contributed by atoms with Gasteiger partial charge in [-0.3, -0.25) is 4.79 Å². The largest absolute Gasteiger partial charge is 0.361 e. The van der Waals surface area contributed by atoms with Gasteiger partial charge in [-0.15, -0.1) is 0 Å². The molecule has 2 rings (SSSR count). The number of nitrogens with zero attached hydrogens (tertiary/aromatic N) is 1. The van der Waals surface area contributed by atoms with E-state index in [9.17, 15) is 4.79 Å². The van der Waals surface area contributed by atoms with Gasteiger partial charge in [-0.2, -0.15) is 0 Å². The normalized spacial score (nSPS) is 14.4. The Morgan fingerprint density at radius 3 is 2.70 bits per heavy atom. The summed E-state index contributed by atoms with van der Waals surface area (Å²) in [6.07, 6.45) is 2.70. The van der Waals surface area contributed by atoms with E-state index in [1.165, 1.54) is 5.56 Å². The average Bonchev–Trinajstić information content (AvgIpc) is 2.85. The van der Waals surface area contributed by atoms with E-state index in [1.807, 2.05) is 17.0 Å². The van der Waals surface area contributed by atoms with Crippen molar-refractivity contribution in [2.45, 2.75) is 26.2 Å². The van der Waals surface area contributed by atoms with Gasteiger partial charge >= 0.3 is 0 Å². The molecule has 1 aliphatic heterocycles. The zero-order chi connectivity index (χ0) is 14.4. The van der Waals surface area contributed by atoms with Gasteiger partial charge in [0.1, 0.15) is 0 Å². The van der Waals surface area contributed by atoms with Crippen LogP contribution >= 0.6 is 12.2 Å². The summed E-state index contributed by atoms with van der Waals surface area (Å²) in [5.74, 6) is 0.251. The van der Waals surface area contributed by atoms with E-state index >= 15 is 0 Å². The number of nitrogens with one attached hydrogen (secondary N) is 2. The average molecular weight is 291 g/mol. The standard InChI is InChI=1S/C15H21N3OS/c1-2-12-5-7-13(8-6-12)17-15(20)16-9-11-18-10-3-4-14(18)19/h5-8H,2-4,9-11H2,1H3,(H2,16,17,20). The van der Waals surface area contributed by atoms with Crippen molar-refractivity contribution in [3.05, 3.63) is 29.8 Å². The Kier molecular flexibility index (Phi) is 5.35. The fourth-order valence-electron chi connectivity index (χ4n) is 2.24. The molecule has 1 amide bonds. The van der Waals surface area contributed by atoms with Crippen LogP contribution in [0.1, 0.15) is 25.3 Å². The van der Waals surface area contributed by atoms with Gasteiger partial charge < -0.3 is 15.5 Å². The second kappa shape index (κ2) is 7.24. The maximum absolute atomic E-state index is 11.5. The number of benzene rings is 1. The highest BCUT2D eigenvalue weighted by Crippen LogP contribution is 2.10. The molecular weight excluding hydrogens is 270 g/mol. The van der Waals surface area contributed by atoms with E-state index < -0.39 is 0 Å². The monoisotopic (exact) mass is 291 g/mol. The van der Waals surface area contributed by atoms with Gasteiger partial charge in [-0.1, -0.05) is 19.1 Å². The number of aryl methyl sites for hydroxylation is 1. The number of carbonyl (C=O) groups excluding carboxylic acids is 1. The number of anilines is 1. The number of thiocarbonyl (C=S) groups is 1. The minimum atomic E-state index is 0.251. The Labute approximate surface area is 125 Å². The second-order valence-electron chi connectivity index (χ2n) is 4.92. The van der Waals surface area contributed by atoms with Crippen molar-refractivity contribution < 1.29 is 4.79 Å². The number of amides is 1. The molecule has 1 aliphatic rings. The van der Waals surface area contributed by atoms with Gasteiger partial charge in [-0.25, -0.2) is 0 Å². The van der Waals surface area contributed by atoms with Crippen LogP contribution in [0.3, 0.4) is 0 Å². The highest BCUT2D eigenvalue weighted by Gasteiger charge is 2.19. The summed E-state index contributed by atoms with van der Waals surface area (Å²) in [5.41, 5.74) is 2.29. The van der Waals surface area contributed by atoms with E-state index in [0.717, 1.165) is 31.6 Å². The highest BCUT2D eigenvalue weighted by molar-refractivity contribution is 7.80. The molecule has 4 nitrogen and oxygen atoms in total. The van der Waals surface area contributed by atoms with E-state index in [0.29, 0.717) is 18.1 Å². The third kappa shape index (κ3) is 4.20. The molecule has 0 aliphatic carbocycles. The van der Waals surface area contributed by atoms with Crippen LogP contribution in [0.15, 0.2) is 24.3 Å². The fourth-order valence-corrected chi connectivity index (χ4v) is 2.46. The third-order valence-corrected chi connectivity index (χ3v) is 3.71. The molecule has 0 atom stereocenters. The second-order valence-corrected chi connectivity index (χ2v) is 5.32. The molecule has 0 saturated carbocycles. The predicted octanol–water partition coefficient (Wildman–Crippen LogP) is 2.16. The van der Waals surface area contributed by atoms with Crippen LogP contribution < -0.4 is 10.6 Å². The SMILES string of the molecule is CCc1ccc(NC(=S)NCCN2CCCC2=O)cc1. The summed E-state index contributed by atoms with van der Waals surface area (Å²) in [7, 11) is 0. The number of likely N-dealkylation sites (tertiary alicyclic amines) is 1. The summed E-state index contributed by atoms with van der Waals surface area (Å²) in [6.45, 7) is 4.41. The minimum absolute atomic E-state index is 0.251. The first kappa shape index (κ1) is 14.8. The lowest BCUT2D eigenvalue weighted by Crippen LogP contribution is -2.37. The first-order chi connectivity index (χ1) is 9.69. The number of hydrogen-bond donors (Lipinski definition) is 2. The van der Waals surface area contributed by atoms with Crippen molar-refractivity contribution in [1.82, 2.24) is 10.2 Å². The van der Waals surface area contributed by atoms with E-state index in [-0.39, 0.29) is 5.91 Å². The Bertz CT molecular complexity index is 473. The lowest BCUT2D eigenvalue weighted by atomic mass is 10.1. The Balaban J connectivity index is 1.70. The maximum atomic E-state index is 11.5. The molecule has 2 N–H and O–H groups in total. The van der Waals surface area contributed by atoms with Crippen LogP contribution in [0.25, 0.3) is 0 Å².